The minimum Gasteiger partial charge on any atom is -0.481 e. The molecule has 1 aromatic carbocycles. The van der Waals surface area contributed by atoms with Crippen molar-refractivity contribution < 1.29 is 33.8 Å². The van der Waals surface area contributed by atoms with E-state index in [-0.39, 0.29) is 44.0 Å². The van der Waals surface area contributed by atoms with Crippen LogP contribution in [0.4, 0.5) is 0 Å². The molecule has 12 nitrogen and oxygen atoms in total. The molecule has 0 spiro atoms. The van der Waals surface area contributed by atoms with Crippen LogP contribution in [0.15, 0.2) is 23.2 Å². The third-order valence-electron chi connectivity index (χ3n) is 5.97. The molecule has 2 amide bonds. The van der Waals surface area contributed by atoms with E-state index in [2.05, 4.69) is 21.1 Å². The van der Waals surface area contributed by atoms with Crippen molar-refractivity contribution >= 4 is 23.7 Å². The predicted octanol–water partition coefficient (Wildman–Crippen LogP) is 0.156. The molecular weight excluding hydrogens is 446 g/mol. The fourth-order valence-electron chi connectivity index (χ4n) is 4.12. The largest absolute Gasteiger partial charge is 0.481 e. The molecule has 1 saturated heterocycles. The minimum atomic E-state index is -1.02. The number of hydrogen-bond donors (Lipinski definition) is 4. The molecule has 1 fully saturated rings. The summed E-state index contributed by atoms with van der Waals surface area (Å²) < 4.78 is 10.7. The van der Waals surface area contributed by atoms with Gasteiger partial charge in [0.15, 0.2) is 11.5 Å². The summed E-state index contributed by atoms with van der Waals surface area (Å²) in [6, 6.07) is 4.45. The van der Waals surface area contributed by atoms with Crippen LogP contribution in [0.3, 0.4) is 0 Å². The van der Waals surface area contributed by atoms with Crippen LogP contribution in [0.2, 0.25) is 0 Å². The Labute approximate surface area is 196 Å². The molecule has 0 aliphatic carbocycles. The van der Waals surface area contributed by atoms with Crippen LogP contribution in [0.25, 0.3) is 0 Å². The number of rotatable bonds is 9. The van der Waals surface area contributed by atoms with E-state index in [9.17, 15) is 19.5 Å². The van der Waals surface area contributed by atoms with Crippen LogP contribution in [-0.4, -0.2) is 73.3 Å². The molecular formula is C22H29N5O7. The van der Waals surface area contributed by atoms with Crippen LogP contribution in [0, 0.1) is 5.92 Å². The molecule has 4 N–H and O–H groups in total. The Morgan fingerprint density at radius 3 is 2.76 bits per heavy atom. The molecule has 12 heteroatoms. The summed E-state index contributed by atoms with van der Waals surface area (Å²) in [4.78, 5) is 47.9. The highest BCUT2D eigenvalue weighted by Gasteiger charge is 2.30. The number of likely N-dealkylation sites (tertiary alicyclic amines) is 1. The SMILES string of the molecule is O=C(O)CC(NC(=O)C1CCN(C(=O)CCONC2=NCCN2)CC1)c1ccc2c(c1)OCO2. The van der Waals surface area contributed by atoms with Crippen molar-refractivity contribution in [2.24, 2.45) is 10.9 Å². The summed E-state index contributed by atoms with van der Waals surface area (Å²) in [5.41, 5.74) is 3.32. The normalized spacial score (nSPS) is 18.1. The zero-order valence-electron chi connectivity index (χ0n) is 18.7. The molecule has 0 radical (unpaired) electrons. The molecule has 3 aliphatic rings. The van der Waals surface area contributed by atoms with Crippen LogP contribution in [-0.2, 0) is 19.2 Å². The first-order chi connectivity index (χ1) is 16.5. The lowest BCUT2D eigenvalue weighted by Gasteiger charge is -2.32. The highest BCUT2D eigenvalue weighted by atomic mass is 16.7. The number of hydrogen-bond acceptors (Lipinski definition) is 9. The number of nitrogens with zero attached hydrogens (tertiary/aromatic N) is 2. The summed E-state index contributed by atoms with van der Waals surface area (Å²) in [5, 5.41) is 15.2. The zero-order valence-corrected chi connectivity index (χ0v) is 18.7. The molecule has 0 bridgehead atoms. The average Bonchev–Trinajstić information content (AvgIpc) is 3.52. The van der Waals surface area contributed by atoms with E-state index in [0.29, 0.717) is 55.5 Å². The van der Waals surface area contributed by atoms with Gasteiger partial charge in [-0.05, 0) is 30.5 Å². The molecule has 1 unspecified atom stereocenters. The van der Waals surface area contributed by atoms with Gasteiger partial charge in [-0.2, -0.15) is 0 Å². The summed E-state index contributed by atoms with van der Waals surface area (Å²) in [6.07, 6.45) is 0.997. The molecule has 3 heterocycles. The number of aliphatic carboxylic acids is 1. The van der Waals surface area contributed by atoms with E-state index in [4.69, 9.17) is 14.3 Å². The summed E-state index contributed by atoms with van der Waals surface area (Å²) in [7, 11) is 0. The van der Waals surface area contributed by atoms with Crippen molar-refractivity contribution in [1.29, 1.82) is 0 Å². The van der Waals surface area contributed by atoms with Gasteiger partial charge in [0.25, 0.3) is 0 Å². The van der Waals surface area contributed by atoms with Crippen molar-refractivity contribution in [3.8, 4) is 11.5 Å². The topological polar surface area (TPSA) is 151 Å². The van der Waals surface area contributed by atoms with Crippen LogP contribution >= 0.6 is 0 Å². The number of fused-ring (bicyclic) bond motifs is 1. The number of ether oxygens (including phenoxy) is 2. The summed E-state index contributed by atoms with van der Waals surface area (Å²) >= 11 is 0. The lowest BCUT2D eigenvalue weighted by Crippen LogP contribution is -2.44. The zero-order chi connectivity index (χ0) is 23.9. The Kier molecular flexibility index (Phi) is 7.68. The van der Waals surface area contributed by atoms with Gasteiger partial charge >= 0.3 is 5.97 Å². The summed E-state index contributed by atoms with van der Waals surface area (Å²) in [5.74, 6) is 0.127. The fourth-order valence-corrected chi connectivity index (χ4v) is 4.12. The molecule has 1 atom stereocenters. The number of carboxylic acids is 1. The van der Waals surface area contributed by atoms with Gasteiger partial charge in [-0.3, -0.25) is 19.2 Å². The van der Waals surface area contributed by atoms with Crippen molar-refractivity contribution in [3.63, 3.8) is 0 Å². The number of nitrogens with one attached hydrogen (secondary N) is 3. The smallest absolute Gasteiger partial charge is 0.305 e. The maximum atomic E-state index is 12.9. The van der Waals surface area contributed by atoms with Gasteiger partial charge in [-0.1, -0.05) is 6.07 Å². The monoisotopic (exact) mass is 475 g/mol. The lowest BCUT2D eigenvalue weighted by atomic mass is 9.94. The number of piperidine rings is 1. The van der Waals surface area contributed by atoms with Crippen molar-refractivity contribution in [2.75, 3.05) is 39.6 Å². The molecule has 184 valence electrons. The first-order valence-electron chi connectivity index (χ1n) is 11.3. The Hall–Kier alpha value is -3.54. The Morgan fingerprint density at radius 2 is 2.03 bits per heavy atom. The molecule has 0 saturated carbocycles. The first kappa shape index (κ1) is 23.6. The minimum absolute atomic E-state index is 0.0360. The van der Waals surface area contributed by atoms with E-state index >= 15 is 0 Å². The number of carbonyl (C=O) groups is 3. The number of amides is 2. The number of benzene rings is 1. The van der Waals surface area contributed by atoms with Crippen LogP contribution in [0.5, 0.6) is 11.5 Å². The molecule has 0 aromatic heterocycles. The molecule has 4 rings (SSSR count). The van der Waals surface area contributed by atoms with Crippen molar-refractivity contribution in [3.05, 3.63) is 23.8 Å². The first-order valence-corrected chi connectivity index (χ1v) is 11.3. The average molecular weight is 476 g/mol. The summed E-state index contributed by atoms with van der Waals surface area (Å²) in [6.45, 7) is 2.72. The lowest BCUT2D eigenvalue weighted by molar-refractivity contribution is -0.139. The standard InChI is InChI=1S/C22H29N5O7/c28-19(5-10-34-26-22-23-6-7-24-22)27-8-3-14(4-9-27)21(31)25-16(12-20(29)30)15-1-2-17-18(11-15)33-13-32-17/h1-2,11,14,16H,3-10,12-13H2,(H,25,31)(H,29,30)(H2,23,24,26). The second-order valence-electron chi connectivity index (χ2n) is 8.28. The highest BCUT2D eigenvalue weighted by molar-refractivity contribution is 5.81. The van der Waals surface area contributed by atoms with E-state index in [1.807, 2.05) is 0 Å². The molecule has 1 aromatic rings. The number of carboxylic acid groups (broad SMARTS) is 1. The van der Waals surface area contributed by atoms with E-state index in [1.165, 1.54) is 0 Å². The van der Waals surface area contributed by atoms with Crippen LogP contribution < -0.4 is 25.6 Å². The second kappa shape index (κ2) is 11.1. The third-order valence-corrected chi connectivity index (χ3v) is 5.97. The van der Waals surface area contributed by atoms with Crippen molar-refractivity contribution in [2.45, 2.75) is 31.7 Å². The Morgan fingerprint density at radius 1 is 1.24 bits per heavy atom. The van der Waals surface area contributed by atoms with E-state index in [1.54, 1.807) is 23.1 Å². The fraction of sp³-hybridized carbons (Fsp3) is 0.545. The number of carbonyl (C=O) groups excluding carboxylic acids is 2. The van der Waals surface area contributed by atoms with Gasteiger partial charge in [0.1, 0.15) is 0 Å². The number of hydroxylamine groups is 1. The van der Waals surface area contributed by atoms with Gasteiger partial charge in [-0.25, -0.2) is 10.5 Å². The van der Waals surface area contributed by atoms with Crippen LogP contribution in [0.1, 0.15) is 37.3 Å². The Bertz CT molecular complexity index is 946. The van der Waals surface area contributed by atoms with Gasteiger partial charge in [0.2, 0.25) is 24.6 Å². The molecule has 3 aliphatic heterocycles. The van der Waals surface area contributed by atoms with Gasteiger partial charge in [-0.15, -0.1) is 0 Å². The highest BCUT2D eigenvalue weighted by Crippen LogP contribution is 2.35. The number of guanidine groups is 1. The third kappa shape index (κ3) is 6.07. The van der Waals surface area contributed by atoms with Gasteiger partial charge < -0.3 is 30.1 Å². The quantitative estimate of drug-likeness (QED) is 0.289. The maximum absolute atomic E-state index is 12.9. The predicted molar refractivity (Wildman–Crippen MR) is 119 cm³/mol. The van der Waals surface area contributed by atoms with Crippen molar-refractivity contribution in [1.82, 2.24) is 21.0 Å². The molecule has 34 heavy (non-hydrogen) atoms. The van der Waals surface area contributed by atoms with E-state index < -0.39 is 12.0 Å². The number of aliphatic imine (C=N–C) groups is 1. The van der Waals surface area contributed by atoms with E-state index in [0.717, 1.165) is 6.54 Å². The van der Waals surface area contributed by atoms with Gasteiger partial charge in [0.05, 0.1) is 32.0 Å². The second-order valence-corrected chi connectivity index (χ2v) is 8.28. The maximum Gasteiger partial charge on any atom is 0.305 e. The van der Waals surface area contributed by atoms with Gasteiger partial charge in [0, 0.05) is 25.6 Å². The Balaban J connectivity index is 1.23.